The molecule has 0 amide bonds. The molecule has 132 valence electrons. The second-order valence-corrected chi connectivity index (χ2v) is 5.67. The van der Waals surface area contributed by atoms with Crippen LogP contribution in [0.2, 0.25) is 0 Å². The molecule has 25 heavy (non-hydrogen) atoms. The molecule has 2 aromatic carbocycles. The van der Waals surface area contributed by atoms with Gasteiger partial charge in [0, 0.05) is 0 Å². The Labute approximate surface area is 144 Å². The van der Waals surface area contributed by atoms with Crippen LogP contribution in [0.4, 0.5) is 0 Å². The number of para-hydroxylation sites is 1. The predicted molar refractivity (Wildman–Crippen MR) is 86.5 cm³/mol. The number of aliphatic carboxylic acids is 1. The molecule has 0 aliphatic rings. The number of ketones is 1. The zero-order chi connectivity index (χ0) is 18.4. The molecule has 2 aromatic rings. The van der Waals surface area contributed by atoms with Crippen molar-refractivity contribution in [1.82, 2.24) is 0 Å². The van der Waals surface area contributed by atoms with Crippen molar-refractivity contribution in [1.29, 1.82) is 0 Å². The van der Waals surface area contributed by atoms with Crippen LogP contribution in [0.25, 0.3) is 0 Å². The van der Waals surface area contributed by atoms with Crippen LogP contribution >= 0.6 is 0 Å². The lowest BCUT2D eigenvalue weighted by Gasteiger charge is -2.17. The number of carbonyl (C=O) groups is 2. The number of nitrogens with one attached hydrogen (secondary N) is 1. The smallest absolute Gasteiger partial charge is 0.203 e. The largest absolute Gasteiger partial charge is 0.544 e. The van der Waals surface area contributed by atoms with E-state index in [1.807, 2.05) is 6.07 Å². The maximum absolute atomic E-state index is 12.3. The lowest BCUT2D eigenvalue weighted by atomic mass is 10.0. The van der Waals surface area contributed by atoms with Crippen molar-refractivity contribution in [3.8, 4) is 17.2 Å². The highest BCUT2D eigenvalue weighted by Crippen LogP contribution is 2.30. The Kier molecular flexibility index (Phi) is 5.97. The van der Waals surface area contributed by atoms with E-state index >= 15 is 0 Å². The lowest BCUT2D eigenvalue weighted by molar-refractivity contribution is -0.888. The highest BCUT2D eigenvalue weighted by molar-refractivity contribution is 6.00. The van der Waals surface area contributed by atoms with Gasteiger partial charge in [-0.05, 0) is 24.3 Å². The number of phenolic OH excluding ortho intramolecular Hbond substituents is 2. The summed E-state index contributed by atoms with van der Waals surface area (Å²) >= 11 is 0. The first kappa shape index (κ1) is 18.3. The quantitative estimate of drug-likeness (QED) is 0.536. The number of carboxylic acid groups (broad SMARTS) is 1. The number of carboxylic acids is 1. The SMILES string of the molecule is C[NH+](CC(=O)[O-])Cc1c(O)ccc(C(=O)COc2ccccc2)c1O. The molecule has 1 unspecified atom stereocenters. The summed E-state index contributed by atoms with van der Waals surface area (Å²) in [5, 5.41) is 30.9. The van der Waals surface area contributed by atoms with Crippen molar-refractivity contribution in [2.45, 2.75) is 6.54 Å². The zero-order valence-electron chi connectivity index (χ0n) is 13.7. The number of benzene rings is 2. The van der Waals surface area contributed by atoms with Crippen molar-refractivity contribution < 1.29 is 34.5 Å². The number of hydrogen-bond donors (Lipinski definition) is 3. The maximum Gasteiger partial charge on any atom is 0.203 e. The Balaban J connectivity index is 2.14. The molecule has 7 heteroatoms. The molecule has 0 bridgehead atoms. The van der Waals surface area contributed by atoms with Crippen molar-refractivity contribution in [2.24, 2.45) is 0 Å². The fourth-order valence-electron chi connectivity index (χ4n) is 2.38. The number of rotatable bonds is 8. The van der Waals surface area contributed by atoms with E-state index < -0.39 is 11.8 Å². The topological polar surface area (TPSA) is 111 Å². The first-order valence-corrected chi connectivity index (χ1v) is 7.64. The summed E-state index contributed by atoms with van der Waals surface area (Å²) in [6.07, 6.45) is 0. The Bertz CT molecular complexity index is 760. The summed E-state index contributed by atoms with van der Waals surface area (Å²) in [7, 11) is 1.57. The Morgan fingerprint density at radius 2 is 1.80 bits per heavy atom. The molecule has 0 saturated carbocycles. The minimum absolute atomic E-state index is 0.00461. The standard InChI is InChI=1S/C18H19NO6/c1-19(10-17(22)23)9-14-15(20)8-7-13(18(14)24)16(21)11-25-12-5-3-2-4-6-12/h2-8,20,24H,9-11H2,1H3,(H,22,23). The molecular weight excluding hydrogens is 326 g/mol. The van der Waals surface area contributed by atoms with Gasteiger partial charge in [-0.3, -0.25) is 4.79 Å². The van der Waals surface area contributed by atoms with Gasteiger partial charge in [-0.1, -0.05) is 18.2 Å². The first-order chi connectivity index (χ1) is 11.9. The number of Topliss-reactive ketones (excluding diaryl/α,β-unsaturated/α-hetero) is 1. The van der Waals surface area contributed by atoms with Gasteiger partial charge in [-0.25, -0.2) is 0 Å². The number of ether oxygens (including phenoxy) is 1. The van der Waals surface area contributed by atoms with Gasteiger partial charge in [0.1, 0.15) is 30.3 Å². The maximum atomic E-state index is 12.3. The Morgan fingerprint density at radius 1 is 1.12 bits per heavy atom. The molecule has 7 nitrogen and oxygen atoms in total. The minimum atomic E-state index is -1.25. The third-order valence-corrected chi connectivity index (χ3v) is 3.60. The van der Waals surface area contributed by atoms with E-state index in [1.54, 1.807) is 31.3 Å². The summed E-state index contributed by atoms with van der Waals surface area (Å²) in [5.41, 5.74) is 0.106. The molecule has 2 rings (SSSR count). The second kappa shape index (κ2) is 8.16. The van der Waals surface area contributed by atoms with Crippen LogP contribution in [0.1, 0.15) is 15.9 Å². The molecule has 0 radical (unpaired) electrons. The van der Waals surface area contributed by atoms with Crippen LogP contribution in [0.15, 0.2) is 42.5 Å². The van der Waals surface area contributed by atoms with Gasteiger partial charge in [-0.15, -0.1) is 0 Å². The molecular formula is C18H19NO6. The number of aromatic hydroxyl groups is 2. The van der Waals surface area contributed by atoms with Gasteiger partial charge in [0.25, 0.3) is 0 Å². The summed E-state index contributed by atoms with van der Waals surface area (Å²) < 4.78 is 5.37. The van der Waals surface area contributed by atoms with Gasteiger partial charge >= 0.3 is 0 Å². The van der Waals surface area contributed by atoms with Gasteiger partial charge in [0.2, 0.25) is 5.78 Å². The average molecular weight is 345 g/mol. The van der Waals surface area contributed by atoms with Crippen molar-refractivity contribution in [3.05, 3.63) is 53.6 Å². The van der Waals surface area contributed by atoms with Gasteiger partial charge in [0.15, 0.2) is 6.61 Å². The minimum Gasteiger partial charge on any atom is -0.544 e. The molecule has 0 spiro atoms. The normalized spacial score (nSPS) is 11.7. The molecule has 0 aromatic heterocycles. The monoisotopic (exact) mass is 345 g/mol. The first-order valence-electron chi connectivity index (χ1n) is 7.64. The van der Waals surface area contributed by atoms with Gasteiger partial charge in [0.05, 0.1) is 24.1 Å². The molecule has 0 aliphatic heterocycles. The number of carbonyl (C=O) groups excluding carboxylic acids is 2. The molecule has 0 heterocycles. The van der Waals surface area contributed by atoms with Crippen LogP contribution < -0.4 is 14.7 Å². The fourth-order valence-corrected chi connectivity index (χ4v) is 2.38. The molecule has 1 atom stereocenters. The zero-order valence-corrected chi connectivity index (χ0v) is 13.7. The molecule has 3 N–H and O–H groups in total. The van der Waals surface area contributed by atoms with E-state index in [4.69, 9.17) is 4.74 Å². The number of quaternary nitrogens is 1. The van der Waals surface area contributed by atoms with E-state index in [2.05, 4.69) is 0 Å². The third kappa shape index (κ3) is 4.95. The highest BCUT2D eigenvalue weighted by Gasteiger charge is 2.20. The van der Waals surface area contributed by atoms with Crippen LogP contribution in [0, 0.1) is 0 Å². The average Bonchev–Trinajstić information content (AvgIpc) is 2.57. The van der Waals surface area contributed by atoms with E-state index in [-0.39, 0.29) is 42.3 Å². The van der Waals surface area contributed by atoms with Crippen LogP contribution in [-0.2, 0) is 11.3 Å². The van der Waals surface area contributed by atoms with Crippen molar-refractivity contribution in [2.75, 3.05) is 20.2 Å². The summed E-state index contributed by atoms with van der Waals surface area (Å²) in [4.78, 5) is 23.4. The van der Waals surface area contributed by atoms with Crippen LogP contribution in [0.5, 0.6) is 17.2 Å². The summed E-state index contributed by atoms with van der Waals surface area (Å²) in [6, 6.07) is 11.4. The summed E-state index contributed by atoms with van der Waals surface area (Å²) in [6.45, 7) is -0.552. The highest BCUT2D eigenvalue weighted by atomic mass is 16.5. The van der Waals surface area contributed by atoms with E-state index in [0.29, 0.717) is 10.6 Å². The Morgan fingerprint density at radius 3 is 2.44 bits per heavy atom. The van der Waals surface area contributed by atoms with Crippen LogP contribution in [-0.4, -0.2) is 42.2 Å². The van der Waals surface area contributed by atoms with E-state index in [0.717, 1.165) is 0 Å². The fraction of sp³-hybridized carbons (Fsp3) is 0.222. The second-order valence-electron chi connectivity index (χ2n) is 5.67. The lowest BCUT2D eigenvalue weighted by Crippen LogP contribution is -3.09. The number of phenols is 2. The molecule has 0 aliphatic carbocycles. The predicted octanol–water partition coefficient (Wildman–Crippen LogP) is -0.876. The van der Waals surface area contributed by atoms with E-state index in [9.17, 15) is 24.9 Å². The van der Waals surface area contributed by atoms with E-state index in [1.165, 1.54) is 12.1 Å². The van der Waals surface area contributed by atoms with Crippen LogP contribution in [0.3, 0.4) is 0 Å². The Hall–Kier alpha value is -3.06. The number of hydrogen-bond acceptors (Lipinski definition) is 6. The number of likely N-dealkylation sites (N-methyl/N-ethyl adjacent to an activating group) is 1. The van der Waals surface area contributed by atoms with Crippen molar-refractivity contribution >= 4 is 11.8 Å². The molecule has 0 saturated heterocycles. The third-order valence-electron chi connectivity index (χ3n) is 3.60. The van der Waals surface area contributed by atoms with Gasteiger partial charge in [-0.2, -0.15) is 0 Å². The molecule has 0 fully saturated rings. The van der Waals surface area contributed by atoms with Crippen molar-refractivity contribution in [3.63, 3.8) is 0 Å². The summed E-state index contributed by atoms with van der Waals surface area (Å²) in [5.74, 6) is -1.78. The van der Waals surface area contributed by atoms with Gasteiger partial charge < -0.3 is 29.8 Å².